The molecule has 2 N–H and O–H groups in total. The van der Waals surface area contributed by atoms with Gasteiger partial charge in [0.2, 0.25) is 0 Å². The Morgan fingerprint density at radius 2 is 1.95 bits per heavy atom. The minimum absolute atomic E-state index is 0.0293. The summed E-state index contributed by atoms with van der Waals surface area (Å²) in [6.45, 7) is 1.93. The van der Waals surface area contributed by atoms with Crippen LogP contribution in [0.3, 0.4) is 0 Å². The average molecular weight is 299 g/mol. The van der Waals surface area contributed by atoms with E-state index in [4.69, 9.17) is 17.3 Å². The largest absolute Gasteiger partial charge is 0.399 e. The highest BCUT2D eigenvalue weighted by molar-refractivity contribution is 6.31. The second-order valence-corrected chi connectivity index (χ2v) is 5.71. The molecule has 0 bridgehead atoms. The smallest absolute Gasteiger partial charge is 0.195 e. The zero-order valence-corrected chi connectivity index (χ0v) is 12.6. The summed E-state index contributed by atoms with van der Waals surface area (Å²) in [7, 11) is 1.90. The van der Waals surface area contributed by atoms with Gasteiger partial charge in [-0.05, 0) is 42.8 Å². The van der Waals surface area contributed by atoms with Crippen LogP contribution in [0.1, 0.15) is 21.5 Å². The van der Waals surface area contributed by atoms with Gasteiger partial charge in [-0.1, -0.05) is 17.7 Å². The third kappa shape index (κ3) is 2.41. The first-order valence-electron chi connectivity index (χ1n) is 6.62. The van der Waals surface area contributed by atoms with E-state index in [1.54, 1.807) is 12.1 Å². The molecule has 0 aliphatic heterocycles. The number of aromatic nitrogens is 1. The molecule has 0 aliphatic rings. The van der Waals surface area contributed by atoms with Crippen molar-refractivity contribution in [1.82, 2.24) is 4.57 Å². The zero-order valence-electron chi connectivity index (χ0n) is 11.9. The number of nitrogens with two attached hydrogens (primary N) is 1. The van der Waals surface area contributed by atoms with Crippen molar-refractivity contribution >= 4 is 34.0 Å². The van der Waals surface area contributed by atoms with Crippen molar-refractivity contribution in [2.45, 2.75) is 6.92 Å². The Bertz CT molecular complexity index is 844. The quantitative estimate of drug-likeness (QED) is 0.575. The van der Waals surface area contributed by atoms with Crippen LogP contribution in [-0.4, -0.2) is 10.4 Å². The van der Waals surface area contributed by atoms with Crippen LogP contribution in [0.4, 0.5) is 5.69 Å². The van der Waals surface area contributed by atoms with Crippen LogP contribution in [0.2, 0.25) is 5.02 Å². The number of benzene rings is 2. The van der Waals surface area contributed by atoms with Gasteiger partial charge in [-0.2, -0.15) is 0 Å². The Balaban J connectivity index is 2.18. The lowest BCUT2D eigenvalue weighted by Crippen LogP contribution is -2.02. The molecule has 0 aliphatic carbocycles. The fourth-order valence-corrected chi connectivity index (χ4v) is 2.80. The molecule has 3 aromatic rings. The van der Waals surface area contributed by atoms with Crippen molar-refractivity contribution < 1.29 is 4.79 Å². The minimum atomic E-state index is -0.0293. The summed E-state index contributed by atoms with van der Waals surface area (Å²) in [6.07, 6.45) is 1.84. The summed E-state index contributed by atoms with van der Waals surface area (Å²) in [4.78, 5) is 12.8. The van der Waals surface area contributed by atoms with Crippen LogP contribution in [-0.2, 0) is 7.05 Å². The van der Waals surface area contributed by atoms with E-state index < -0.39 is 0 Å². The maximum atomic E-state index is 12.8. The molecular weight excluding hydrogens is 284 g/mol. The van der Waals surface area contributed by atoms with Crippen LogP contribution in [0.15, 0.2) is 42.6 Å². The molecule has 1 aromatic heterocycles. The van der Waals surface area contributed by atoms with Gasteiger partial charge in [0.05, 0.1) is 0 Å². The maximum absolute atomic E-state index is 12.8. The fourth-order valence-electron chi connectivity index (χ4n) is 2.64. The summed E-state index contributed by atoms with van der Waals surface area (Å²) < 4.78 is 1.91. The normalized spacial score (nSPS) is 11.0. The molecule has 0 spiro atoms. The summed E-state index contributed by atoms with van der Waals surface area (Å²) in [5.41, 5.74) is 9.61. The Hall–Kier alpha value is -2.26. The molecule has 4 heteroatoms. The number of rotatable bonds is 2. The molecule has 0 amide bonds. The van der Waals surface area contributed by atoms with Crippen LogP contribution >= 0.6 is 11.6 Å². The SMILES string of the molecule is Cc1cc(N)cc(C(=O)c2cn(C)c3cc(Cl)ccc23)c1. The lowest BCUT2D eigenvalue weighted by Gasteiger charge is -2.03. The fraction of sp³-hybridized carbons (Fsp3) is 0.118. The number of carbonyl (C=O) groups excluding carboxylic acids is 1. The predicted octanol–water partition coefficient (Wildman–Crippen LogP) is 3.95. The summed E-state index contributed by atoms with van der Waals surface area (Å²) in [6, 6.07) is 10.9. The van der Waals surface area contributed by atoms with E-state index in [1.807, 2.05) is 49.0 Å². The number of carbonyl (C=O) groups is 1. The number of nitrogen functional groups attached to an aromatic ring is 1. The molecular formula is C17H15ClN2O. The monoisotopic (exact) mass is 298 g/mol. The lowest BCUT2D eigenvalue weighted by atomic mass is 10.0. The van der Waals surface area contributed by atoms with Crippen molar-refractivity contribution in [2.24, 2.45) is 7.05 Å². The Morgan fingerprint density at radius 1 is 1.19 bits per heavy atom. The second-order valence-electron chi connectivity index (χ2n) is 5.28. The standard InChI is InChI=1S/C17H15ClN2O/c1-10-5-11(7-13(19)6-10)17(21)15-9-20(2)16-8-12(18)3-4-14(15)16/h3-9H,19H2,1-2H3. The van der Waals surface area contributed by atoms with Crippen molar-refractivity contribution in [3.05, 3.63) is 64.3 Å². The first kappa shape index (κ1) is 13.7. The number of anilines is 1. The Kier molecular flexibility index (Phi) is 3.22. The van der Waals surface area contributed by atoms with E-state index >= 15 is 0 Å². The summed E-state index contributed by atoms with van der Waals surface area (Å²) in [5, 5.41) is 1.55. The van der Waals surface area contributed by atoms with Gasteiger partial charge in [0, 0.05) is 46.0 Å². The maximum Gasteiger partial charge on any atom is 0.195 e. The number of nitrogens with zero attached hydrogens (tertiary/aromatic N) is 1. The van der Waals surface area contributed by atoms with Crippen LogP contribution in [0, 0.1) is 6.92 Å². The molecule has 0 saturated heterocycles. The predicted molar refractivity (Wildman–Crippen MR) is 87.0 cm³/mol. The number of ketones is 1. The van der Waals surface area contributed by atoms with Crippen molar-refractivity contribution in [3.8, 4) is 0 Å². The average Bonchev–Trinajstić information content (AvgIpc) is 2.74. The van der Waals surface area contributed by atoms with Crippen molar-refractivity contribution in [3.63, 3.8) is 0 Å². The highest BCUT2D eigenvalue weighted by Gasteiger charge is 2.16. The highest BCUT2D eigenvalue weighted by atomic mass is 35.5. The van der Waals surface area contributed by atoms with Crippen LogP contribution in [0.5, 0.6) is 0 Å². The van der Waals surface area contributed by atoms with Gasteiger partial charge in [-0.3, -0.25) is 4.79 Å². The summed E-state index contributed by atoms with van der Waals surface area (Å²) in [5.74, 6) is -0.0293. The van der Waals surface area contributed by atoms with Gasteiger partial charge in [-0.25, -0.2) is 0 Å². The van der Waals surface area contributed by atoms with E-state index in [0.29, 0.717) is 21.8 Å². The van der Waals surface area contributed by atoms with Crippen molar-refractivity contribution in [2.75, 3.05) is 5.73 Å². The molecule has 1 heterocycles. The summed E-state index contributed by atoms with van der Waals surface area (Å²) >= 11 is 6.02. The Morgan fingerprint density at radius 3 is 2.67 bits per heavy atom. The van der Waals surface area contributed by atoms with Crippen LogP contribution in [0.25, 0.3) is 10.9 Å². The number of hydrogen-bond donors (Lipinski definition) is 1. The molecule has 3 rings (SSSR count). The van der Waals surface area contributed by atoms with Gasteiger partial charge >= 0.3 is 0 Å². The third-order valence-electron chi connectivity index (χ3n) is 3.56. The van der Waals surface area contributed by atoms with Gasteiger partial charge in [0.15, 0.2) is 5.78 Å². The first-order chi connectivity index (χ1) is 9.95. The third-order valence-corrected chi connectivity index (χ3v) is 3.79. The molecule has 21 heavy (non-hydrogen) atoms. The highest BCUT2D eigenvalue weighted by Crippen LogP contribution is 2.26. The molecule has 0 fully saturated rings. The minimum Gasteiger partial charge on any atom is -0.399 e. The first-order valence-corrected chi connectivity index (χ1v) is 7.00. The number of fused-ring (bicyclic) bond motifs is 1. The number of hydrogen-bond acceptors (Lipinski definition) is 2. The Labute approximate surface area is 127 Å². The van der Waals surface area contributed by atoms with Gasteiger partial charge < -0.3 is 10.3 Å². The molecule has 0 unspecified atom stereocenters. The molecule has 3 nitrogen and oxygen atoms in total. The van der Waals surface area contributed by atoms with E-state index in [1.165, 1.54) is 0 Å². The van der Waals surface area contributed by atoms with Gasteiger partial charge in [-0.15, -0.1) is 0 Å². The molecule has 2 aromatic carbocycles. The van der Waals surface area contributed by atoms with Crippen molar-refractivity contribution in [1.29, 1.82) is 0 Å². The lowest BCUT2D eigenvalue weighted by molar-refractivity contribution is 0.104. The zero-order chi connectivity index (χ0) is 15.1. The molecule has 0 radical (unpaired) electrons. The van der Waals surface area contributed by atoms with Gasteiger partial charge in [0.1, 0.15) is 0 Å². The molecule has 0 atom stereocenters. The van der Waals surface area contributed by atoms with Crippen LogP contribution < -0.4 is 5.73 Å². The van der Waals surface area contributed by atoms with E-state index in [-0.39, 0.29) is 5.78 Å². The molecule has 106 valence electrons. The van der Waals surface area contributed by atoms with E-state index in [9.17, 15) is 4.79 Å². The molecule has 0 saturated carbocycles. The topological polar surface area (TPSA) is 48.0 Å². The second kappa shape index (κ2) is 4.93. The van der Waals surface area contributed by atoms with E-state index in [2.05, 4.69) is 0 Å². The number of aryl methyl sites for hydroxylation is 2. The van der Waals surface area contributed by atoms with E-state index in [0.717, 1.165) is 16.5 Å². The number of halogens is 1. The van der Waals surface area contributed by atoms with Gasteiger partial charge in [0.25, 0.3) is 0 Å².